The summed E-state index contributed by atoms with van der Waals surface area (Å²) in [5.74, 6) is -2.79. The number of carbonyl (C=O) groups is 3. The molecule has 0 saturated carbocycles. The Morgan fingerprint density at radius 3 is 2.76 bits per heavy atom. The van der Waals surface area contributed by atoms with Crippen LogP contribution in [-0.2, 0) is 19.1 Å². The van der Waals surface area contributed by atoms with E-state index in [1.165, 1.54) is 23.1 Å². The van der Waals surface area contributed by atoms with Crippen molar-refractivity contribution in [2.75, 3.05) is 18.1 Å². The third kappa shape index (κ3) is 5.12. The zero-order chi connectivity index (χ0) is 21.0. The molecule has 0 aromatic heterocycles. The third-order valence-corrected chi connectivity index (χ3v) is 4.91. The highest BCUT2D eigenvalue weighted by Crippen LogP contribution is 2.27. The number of hydrogen-bond acceptors (Lipinski definition) is 4. The summed E-state index contributed by atoms with van der Waals surface area (Å²) in [7, 11) is 0. The molecule has 1 heterocycles. The van der Waals surface area contributed by atoms with E-state index in [-0.39, 0.29) is 30.6 Å². The molecule has 2 atom stereocenters. The lowest BCUT2D eigenvalue weighted by Crippen LogP contribution is -2.33. The summed E-state index contributed by atoms with van der Waals surface area (Å²) in [5, 5.41) is 3.27. The second-order valence-electron chi connectivity index (χ2n) is 6.81. The molecule has 0 aliphatic carbocycles. The lowest BCUT2D eigenvalue weighted by atomic mass is 10.1. The fourth-order valence-corrected chi connectivity index (χ4v) is 3.36. The van der Waals surface area contributed by atoms with Crippen LogP contribution < -0.4 is 10.2 Å². The number of para-hydroxylation sites is 1. The fourth-order valence-electron chi connectivity index (χ4n) is 3.17. The number of nitrogens with zero attached hydrogens (tertiary/aromatic N) is 1. The number of amides is 2. The molecule has 1 aliphatic rings. The van der Waals surface area contributed by atoms with Gasteiger partial charge in [0.25, 0.3) is 5.91 Å². The number of hydrogen-bond donors (Lipinski definition) is 1. The summed E-state index contributed by atoms with van der Waals surface area (Å²) in [6, 6.07) is 12.6. The number of benzene rings is 2. The molecule has 1 aliphatic heterocycles. The van der Waals surface area contributed by atoms with E-state index < -0.39 is 30.2 Å². The van der Waals surface area contributed by atoms with Crippen molar-refractivity contribution in [3.63, 3.8) is 0 Å². The lowest BCUT2D eigenvalue weighted by molar-refractivity contribution is -0.152. The molecule has 1 saturated heterocycles. The first kappa shape index (κ1) is 20.8. The number of anilines is 1. The Hall–Kier alpha value is -2.93. The molecule has 0 bridgehead atoms. The molecule has 0 unspecified atom stereocenters. The van der Waals surface area contributed by atoms with Crippen molar-refractivity contribution in [2.45, 2.75) is 19.4 Å². The molecule has 3 rings (SSSR count). The number of esters is 1. The van der Waals surface area contributed by atoms with Crippen LogP contribution in [0.4, 0.5) is 10.1 Å². The number of rotatable bonds is 6. The van der Waals surface area contributed by atoms with Gasteiger partial charge in [-0.3, -0.25) is 14.4 Å². The summed E-state index contributed by atoms with van der Waals surface area (Å²) in [6.07, 6.45) is -0.0896. The topological polar surface area (TPSA) is 75.7 Å². The van der Waals surface area contributed by atoms with E-state index in [9.17, 15) is 18.8 Å². The molecule has 2 amide bonds. The first-order valence-corrected chi connectivity index (χ1v) is 9.49. The van der Waals surface area contributed by atoms with Gasteiger partial charge in [-0.05, 0) is 36.8 Å². The summed E-state index contributed by atoms with van der Waals surface area (Å²) >= 11 is 5.94. The number of carbonyl (C=O) groups excluding carboxylic acids is 3. The van der Waals surface area contributed by atoms with Gasteiger partial charge in [0.1, 0.15) is 5.82 Å². The molecule has 152 valence electrons. The summed E-state index contributed by atoms with van der Waals surface area (Å²) < 4.78 is 19.0. The summed E-state index contributed by atoms with van der Waals surface area (Å²) in [6.45, 7) is 1.33. The van der Waals surface area contributed by atoms with E-state index >= 15 is 0 Å². The minimum atomic E-state index is -0.750. The number of halogens is 2. The predicted molar refractivity (Wildman–Crippen MR) is 106 cm³/mol. The molecule has 1 fully saturated rings. The van der Waals surface area contributed by atoms with Gasteiger partial charge in [0.05, 0.1) is 17.6 Å². The van der Waals surface area contributed by atoms with Crippen molar-refractivity contribution in [3.05, 3.63) is 64.9 Å². The SMILES string of the molecule is C[C@H](NC(=O)COC(=O)[C@H]1CC(=O)N(c2ccccc2F)C1)c1cccc(Cl)c1. The van der Waals surface area contributed by atoms with Gasteiger partial charge in [-0.15, -0.1) is 0 Å². The van der Waals surface area contributed by atoms with Crippen molar-refractivity contribution in [2.24, 2.45) is 5.92 Å². The van der Waals surface area contributed by atoms with Crippen molar-refractivity contribution < 1.29 is 23.5 Å². The monoisotopic (exact) mass is 418 g/mol. The van der Waals surface area contributed by atoms with E-state index in [1.807, 2.05) is 6.07 Å². The van der Waals surface area contributed by atoms with E-state index in [1.54, 1.807) is 31.2 Å². The number of ether oxygens (including phenoxy) is 1. The fraction of sp³-hybridized carbons (Fsp3) is 0.286. The maximum absolute atomic E-state index is 13.9. The minimum absolute atomic E-state index is 0.0130. The van der Waals surface area contributed by atoms with Crippen molar-refractivity contribution >= 4 is 35.1 Å². The Bertz CT molecular complexity index is 936. The largest absolute Gasteiger partial charge is 0.455 e. The lowest BCUT2D eigenvalue weighted by Gasteiger charge is -2.17. The van der Waals surface area contributed by atoms with Gasteiger partial charge in [0.2, 0.25) is 5.91 Å². The van der Waals surface area contributed by atoms with Crippen LogP contribution in [0.15, 0.2) is 48.5 Å². The maximum Gasteiger partial charge on any atom is 0.311 e. The highest BCUT2D eigenvalue weighted by molar-refractivity contribution is 6.30. The van der Waals surface area contributed by atoms with Crippen LogP contribution in [0.2, 0.25) is 5.02 Å². The quantitative estimate of drug-likeness (QED) is 0.731. The molecule has 0 spiro atoms. The van der Waals surface area contributed by atoms with Crippen LogP contribution in [-0.4, -0.2) is 30.9 Å². The standard InChI is InChI=1S/C21H20ClFN2O4/c1-13(14-5-4-6-16(22)9-14)24-19(26)12-29-21(28)15-10-20(27)25(11-15)18-8-3-2-7-17(18)23/h2-9,13,15H,10-12H2,1H3,(H,24,26)/t13-,15-/m0/s1. The normalized spacial score (nSPS) is 17.1. The van der Waals surface area contributed by atoms with Crippen LogP contribution in [0.25, 0.3) is 0 Å². The van der Waals surface area contributed by atoms with Crippen LogP contribution in [0, 0.1) is 11.7 Å². The second kappa shape index (κ2) is 9.05. The van der Waals surface area contributed by atoms with E-state index in [0.29, 0.717) is 5.02 Å². The minimum Gasteiger partial charge on any atom is -0.455 e. The smallest absolute Gasteiger partial charge is 0.311 e. The average molecular weight is 419 g/mol. The van der Waals surface area contributed by atoms with Crippen molar-refractivity contribution in [1.82, 2.24) is 5.32 Å². The van der Waals surface area contributed by atoms with E-state index in [0.717, 1.165) is 5.56 Å². The molecule has 2 aromatic rings. The molecule has 8 heteroatoms. The number of nitrogens with one attached hydrogen (secondary N) is 1. The van der Waals surface area contributed by atoms with Gasteiger partial charge < -0.3 is 15.0 Å². The molecule has 1 N–H and O–H groups in total. The molecule has 6 nitrogen and oxygen atoms in total. The van der Waals surface area contributed by atoms with Crippen LogP contribution in [0.3, 0.4) is 0 Å². The van der Waals surface area contributed by atoms with Gasteiger partial charge in [0.15, 0.2) is 6.61 Å². The first-order valence-electron chi connectivity index (χ1n) is 9.11. The maximum atomic E-state index is 13.9. The van der Waals surface area contributed by atoms with Crippen molar-refractivity contribution in [1.29, 1.82) is 0 Å². The zero-order valence-electron chi connectivity index (χ0n) is 15.7. The Balaban J connectivity index is 1.51. The third-order valence-electron chi connectivity index (χ3n) is 4.67. The first-order chi connectivity index (χ1) is 13.8. The molecule has 2 aromatic carbocycles. The molecular formula is C21H20ClFN2O4. The molecule has 29 heavy (non-hydrogen) atoms. The van der Waals surface area contributed by atoms with E-state index in [2.05, 4.69) is 5.32 Å². The van der Waals surface area contributed by atoms with Crippen LogP contribution >= 0.6 is 11.6 Å². The second-order valence-corrected chi connectivity index (χ2v) is 7.25. The zero-order valence-corrected chi connectivity index (χ0v) is 16.5. The van der Waals surface area contributed by atoms with Gasteiger partial charge in [0, 0.05) is 18.0 Å². The highest BCUT2D eigenvalue weighted by Gasteiger charge is 2.37. The Kier molecular flexibility index (Phi) is 6.49. The van der Waals surface area contributed by atoms with E-state index in [4.69, 9.17) is 16.3 Å². The van der Waals surface area contributed by atoms with Gasteiger partial charge in [-0.2, -0.15) is 0 Å². The van der Waals surface area contributed by atoms with Crippen molar-refractivity contribution in [3.8, 4) is 0 Å². The Morgan fingerprint density at radius 2 is 2.03 bits per heavy atom. The van der Waals surface area contributed by atoms with Crippen LogP contribution in [0.1, 0.15) is 24.9 Å². The Morgan fingerprint density at radius 1 is 1.28 bits per heavy atom. The molecular weight excluding hydrogens is 399 g/mol. The molecule has 0 radical (unpaired) electrons. The van der Waals surface area contributed by atoms with Gasteiger partial charge in [-0.1, -0.05) is 35.9 Å². The summed E-state index contributed by atoms with van der Waals surface area (Å²) in [5.41, 5.74) is 0.944. The predicted octanol–water partition coefficient (Wildman–Crippen LogP) is 3.25. The van der Waals surface area contributed by atoms with Gasteiger partial charge in [-0.25, -0.2) is 4.39 Å². The Labute approximate surface area is 172 Å². The summed E-state index contributed by atoms with van der Waals surface area (Å²) in [4.78, 5) is 37.7. The average Bonchev–Trinajstić information content (AvgIpc) is 3.08. The highest BCUT2D eigenvalue weighted by atomic mass is 35.5. The van der Waals surface area contributed by atoms with Crippen LogP contribution in [0.5, 0.6) is 0 Å². The van der Waals surface area contributed by atoms with Gasteiger partial charge >= 0.3 is 5.97 Å².